The van der Waals surface area contributed by atoms with E-state index in [2.05, 4.69) is 15.9 Å². The fourth-order valence-corrected chi connectivity index (χ4v) is 1.90. The molecule has 9 heavy (non-hydrogen) atoms. The second-order valence-corrected chi connectivity index (χ2v) is 2.92. The van der Waals surface area contributed by atoms with Crippen LogP contribution in [0, 0.1) is 0 Å². The molecule has 0 saturated carbocycles. The molecule has 1 rings (SSSR count). The molecular formula is C4H4BrNO2S. The van der Waals surface area contributed by atoms with Gasteiger partial charge in [-0.1, -0.05) is 27.7 Å². The van der Waals surface area contributed by atoms with Gasteiger partial charge in [0.2, 0.25) is 5.91 Å². The molecular weight excluding hydrogens is 206 g/mol. The molecule has 3 nitrogen and oxygen atoms in total. The fraction of sp³-hybridized carbons (Fsp3) is 0.500. The standard InChI is InChI=1S/C4H4BrNO2S/c5-2-6-3(7)1-9-4(6)8/h1-2H2. The molecule has 0 unspecified atom stereocenters. The molecule has 0 spiro atoms. The van der Waals surface area contributed by atoms with E-state index in [1.807, 2.05) is 0 Å². The number of carbonyl (C=O) groups excluding carboxylic acids is 2. The van der Waals surface area contributed by atoms with Crippen LogP contribution in [0.5, 0.6) is 0 Å². The van der Waals surface area contributed by atoms with E-state index in [4.69, 9.17) is 0 Å². The summed E-state index contributed by atoms with van der Waals surface area (Å²) in [5, 5.41) is -0.156. The van der Waals surface area contributed by atoms with E-state index in [1.54, 1.807) is 0 Å². The lowest BCUT2D eigenvalue weighted by Gasteiger charge is -2.05. The van der Waals surface area contributed by atoms with Gasteiger partial charge in [-0.05, 0) is 0 Å². The minimum absolute atomic E-state index is 0.109. The van der Waals surface area contributed by atoms with Crippen molar-refractivity contribution in [2.24, 2.45) is 0 Å². The summed E-state index contributed by atoms with van der Waals surface area (Å²) >= 11 is 4.07. The van der Waals surface area contributed by atoms with Crippen molar-refractivity contribution in [1.29, 1.82) is 0 Å². The molecule has 0 bridgehead atoms. The first-order valence-corrected chi connectivity index (χ1v) is 4.39. The largest absolute Gasteiger partial charge is 0.289 e. The molecule has 1 aliphatic heterocycles. The third kappa shape index (κ3) is 1.27. The molecule has 0 atom stereocenters. The van der Waals surface area contributed by atoms with Gasteiger partial charge in [-0.25, -0.2) is 0 Å². The summed E-state index contributed by atoms with van der Waals surface area (Å²) in [6.45, 7) is 0. The highest BCUT2D eigenvalue weighted by atomic mass is 79.9. The number of thioether (sulfide) groups is 1. The highest BCUT2D eigenvalue weighted by Gasteiger charge is 2.28. The van der Waals surface area contributed by atoms with Crippen molar-refractivity contribution in [3.63, 3.8) is 0 Å². The number of halogens is 1. The number of carbonyl (C=O) groups is 2. The Kier molecular flexibility index (Phi) is 2.13. The summed E-state index contributed by atoms with van der Waals surface area (Å²) in [4.78, 5) is 22.5. The molecule has 1 heterocycles. The van der Waals surface area contributed by atoms with Crippen LogP contribution in [0.3, 0.4) is 0 Å². The smallest absolute Gasteiger partial charge is 0.273 e. The summed E-state index contributed by atoms with van der Waals surface area (Å²) in [6.07, 6.45) is 0. The van der Waals surface area contributed by atoms with Crippen LogP contribution in [0.25, 0.3) is 0 Å². The van der Waals surface area contributed by atoms with E-state index in [-0.39, 0.29) is 11.1 Å². The highest BCUT2D eigenvalue weighted by molar-refractivity contribution is 9.09. The molecule has 5 heteroatoms. The van der Waals surface area contributed by atoms with Crippen LogP contribution < -0.4 is 0 Å². The third-order valence-electron chi connectivity index (χ3n) is 0.960. The van der Waals surface area contributed by atoms with Crippen LogP contribution in [0.2, 0.25) is 0 Å². The number of amides is 2. The average molecular weight is 210 g/mol. The second-order valence-electron chi connectivity index (χ2n) is 1.50. The Morgan fingerprint density at radius 2 is 2.33 bits per heavy atom. The van der Waals surface area contributed by atoms with Gasteiger partial charge in [0.05, 0.1) is 11.2 Å². The lowest BCUT2D eigenvalue weighted by atomic mass is 10.6. The van der Waals surface area contributed by atoms with Crippen LogP contribution in [-0.4, -0.2) is 27.3 Å². The van der Waals surface area contributed by atoms with E-state index in [1.165, 1.54) is 4.90 Å². The Morgan fingerprint density at radius 1 is 1.67 bits per heavy atom. The predicted molar refractivity (Wildman–Crippen MR) is 38.5 cm³/mol. The van der Waals surface area contributed by atoms with Gasteiger partial charge in [-0.3, -0.25) is 14.5 Å². The van der Waals surface area contributed by atoms with Crippen LogP contribution in [0.4, 0.5) is 4.79 Å². The molecule has 0 aromatic rings. The molecule has 0 radical (unpaired) electrons. The van der Waals surface area contributed by atoms with Gasteiger partial charge < -0.3 is 0 Å². The maximum absolute atomic E-state index is 10.7. The Labute approximate surface area is 64.9 Å². The lowest BCUT2D eigenvalue weighted by Crippen LogP contribution is -2.26. The molecule has 0 aliphatic carbocycles. The Morgan fingerprint density at radius 3 is 2.56 bits per heavy atom. The van der Waals surface area contributed by atoms with Gasteiger partial charge >= 0.3 is 0 Å². The average Bonchev–Trinajstić information content (AvgIpc) is 2.12. The molecule has 1 aliphatic rings. The normalized spacial score (nSPS) is 19.4. The summed E-state index contributed by atoms with van der Waals surface area (Å²) in [7, 11) is 0. The van der Waals surface area contributed by atoms with Gasteiger partial charge in [-0.15, -0.1) is 0 Å². The van der Waals surface area contributed by atoms with Crippen LogP contribution in [0.15, 0.2) is 0 Å². The van der Waals surface area contributed by atoms with E-state index in [9.17, 15) is 9.59 Å². The zero-order valence-electron chi connectivity index (χ0n) is 4.46. The number of nitrogens with zero attached hydrogens (tertiary/aromatic N) is 1. The minimum Gasteiger partial charge on any atom is -0.273 e. The summed E-state index contributed by atoms with van der Waals surface area (Å²) in [5.74, 6) is 0.187. The van der Waals surface area contributed by atoms with Crippen molar-refractivity contribution in [3.8, 4) is 0 Å². The van der Waals surface area contributed by atoms with E-state index >= 15 is 0 Å². The number of hydrogen-bond acceptors (Lipinski definition) is 3. The van der Waals surface area contributed by atoms with E-state index in [0.29, 0.717) is 11.2 Å². The van der Waals surface area contributed by atoms with Gasteiger partial charge in [0.15, 0.2) is 0 Å². The quantitative estimate of drug-likeness (QED) is 0.479. The summed E-state index contributed by atoms with van der Waals surface area (Å²) in [6, 6.07) is 0. The maximum Gasteiger partial charge on any atom is 0.289 e. The summed E-state index contributed by atoms with van der Waals surface area (Å²) in [5.41, 5.74) is 0.317. The van der Waals surface area contributed by atoms with Crippen molar-refractivity contribution < 1.29 is 9.59 Å². The first-order valence-electron chi connectivity index (χ1n) is 2.29. The minimum atomic E-state index is -0.156. The SMILES string of the molecule is O=C1CSC(=O)N1CBr. The molecule has 1 fully saturated rings. The van der Waals surface area contributed by atoms with Crippen molar-refractivity contribution in [2.45, 2.75) is 0 Å². The van der Waals surface area contributed by atoms with E-state index < -0.39 is 0 Å². The molecule has 2 amide bonds. The summed E-state index contributed by atoms with van der Waals surface area (Å²) < 4.78 is 0. The van der Waals surface area contributed by atoms with Crippen molar-refractivity contribution in [1.82, 2.24) is 4.90 Å². The maximum atomic E-state index is 10.7. The predicted octanol–water partition coefficient (Wildman–Crippen LogP) is 1.03. The molecule has 1 saturated heterocycles. The van der Waals surface area contributed by atoms with Crippen LogP contribution in [-0.2, 0) is 4.79 Å². The van der Waals surface area contributed by atoms with Crippen molar-refractivity contribution in [3.05, 3.63) is 0 Å². The van der Waals surface area contributed by atoms with Crippen molar-refractivity contribution >= 4 is 38.8 Å². The Hall–Kier alpha value is -0.0300. The first-order chi connectivity index (χ1) is 4.25. The number of alkyl halides is 1. The lowest BCUT2D eigenvalue weighted by molar-refractivity contribution is -0.123. The van der Waals surface area contributed by atoms with Gasteiger partial charge in [-0.2, -0.15) is 0 Å². The molecule has 0 N–H and O–H groups in total. The zero-order chi connectivity index (χ0) is 6.85. The van der Waals surface area contributed by atoms with Gasteiger partial charge in [0.25, 0.3) is 5.24 Å². The van der Waals surface area contributed by atoms with Crippen molar-refractivity contribution in [2.75, 3.05) is 11.2 Å². The topological polar surface area (TPSA) is 37.4 Å². The van der Waals surface area contributed by atoms with Crippen LogP contribution in [0.1, 0.15) is 0 Å². The van der Waals surface area contributed by atoms with E-state index in [0.717, 1.165) is 11.8 Å². The Bertz CT molecular complexity index is 145. The number of imide groups is 1. The molecule has 0 aromatic carbocycles. The highest BCUT2D eigenvalue weighted by Crippen LogP contribution is 2.18. The molecule has 0 aromatic heterocycles. The van der Waals surface area contributed by atoms with Gasteiger partial charge in [0, 0.05) is 0 Å². The second kappa shape index (κ2) is 2.70. The first kappa shape index (κ1) is 7.08. The molecule has 50 valence electrons. The number of hydrogen-bond donors (Lipinski definition) is 0. The fourth-order valence-electron chi connectivity index (χ4n) is 0.497. The zero-order valence-corrected chi connectivity index (χ0v) is 6.87. The third-order valence-corrected chi connectivity index (χ3v) is 2.32. The monoisotopic (exact) mass is 209 g/mol. The van der Waals surface area contributed by atoms with Crippen LogP contribution >= 0.6 is 27.7 Å². The van der Waals surface area contributed by atoms with Gasteiger partial charge in [0.1, 0.15) is 0 Å². The number of rotatable bonds is 1. The Balaban J connectivity index is 2.66.